The Morgan fingerprint density at radius 1 is 1.38 bits per heavy atom. The first kappa shape index (κ1) is 15.8. The van der Waals surface area contributed by atoms with E-state index in [9.17, 15) is 14.0 Å². The van der Waals surface area contributed by atoms with E-state index in [1.807, 2.05) is 0 Å². The summed E-state index contributed by atoms with van der Waals surface area (Å²) in [6.45, 7) is 0.871. The second-order valence-electron chi connectivity index (χ2n) is 5.45. The van der Waals surface area contributed by atoms with Crippen molar-refractivity contribution in [3.05, 3.63) is 34.6 Å². The Bertz CT molecular complexity index is 563. The lowest BCUT2D eigenvalue weighted by molar-refractivity contribution is -0.134. The monoisotopic (exact) mass is 312 g/mol. The van der Waals surface area contributed by atoms with Crippen LogP contribution in [0.3, 0.4) is 0 Å². The highest BCUT2D eigenvalue weighted by Gasteiger charge is 2.30. The highest BCUT2D eigenvalue weighted by Crippen LogP contribution is 2.22. The zero-order chi connectivity index (χ0) is 15.6. The van der Waals surface area contributed by atoms with E-state index in [1.54, 1.807) is 19.0 Å². The van der Waals surface area contributed by atoms with Gasteiger partial charge in [-0.1, -0.05) is 11.6 Å². The van der Waals surface area contributed by atoms with Gasteiger partial charge in [0.1, 0.15) is 5.82 Å². The van der Waals surface area contributed by atoms with Crippen molar-refractivity contribution in [2.24, 2.45) is 5.92 Å². The zero-order valence-corrected chi connectivity index (χ0v) is 12.9. The van der Waals surface area contributed by atoms with E-state index in [0.29, 0.717) is 13.1 Å². The molecule has 1 heterocycles. The van der Waals surface area contributed by atoms with E-state index in [4.69, 9.17) is 11.6 Å². The number of likely N-dealkylation sites (tertiary alicyclic amines) is 1. The quantitative estimate of drug-likeness (QED) is 0.841. The van der Waals surface area contributed by atoms with Gasteiger partial charge in [-0.15, -0.1) is 0 Å². The zero-order valence-electron chi connectivity index (χ0n) is 12.1. The van der Waals surface area contributed by atoms with Crippen LogP contribution in [-0.4, -0.2) is 48.8 Å². The number of halogens is 2. The van der Waals surface area contributed by atoms with Crippen molar-refractivity contribution >= 4 is 23.4 Å². The first-order valence-electron chi connectivity index (χ1n) is 6.85. The minimum absolute atomic E-state index is 0.00245. The minimum atomic E-state index is -0.631. The third-order valence-corrected chi connectivity index (χ3v) is 3.90. The Morgan fingerprint density at radius 3 is 2.71 bits per heavy atom. The van der Waals surface area contributed by atoms with Gasteiger partial charge in [-0.05, 0) is 31.0 Å². The molecule has 0 aromatic heterocycles. The van der Waals surface area contributed by atoms with Gasteiger partial charge < -0.3 is 9.80 Å². The molecule has 1 aromatic carbocycles. The summed E-state index contributed by atoms with van der Waals surface area (Å²) in [6, 6.07) is 4.00. The van der Waals surface area contributed by atoms with E-state index in [0.717, 1.165) is 18.9 Å². The van der Waals surface area contributed by atoms with Crippen LogP contribution in [0, 0.1) is 11.7 Å². The van der Waals surface area contributed by atoms with Crippen molar-refractivity contribution in [2.75, 3.05) is 27.2 Å². The molecule has 1 aliphatic heterocycles. The van der Waals surface area contributed by atoms with Gasteiger partial charge in [0.2, 0.25) is 5.91 Å². The van der Waals surface area contributed by atoms with Crippen LogP contribution in [-0.2, 0) is 4.79 Å². The van der Waals surface area contributed by atoms with E-state index in [1.165, 1.54) is 17.0 Å². The Balaban J connectivity index is 2.14. The fourth-order valence-electron chi connectivity index (χ4n) is 2.56. The lowest BCUT2D eigenvalue weighted by Crippen LogP contribution is -2.45. The van der Waals surface area contributed by atoms with Crippen molar-refractivity contribution in [3.8, 4) is 0 Å². The molecule has 1 unspecified atom stereocenters. The summed E-state index contributed by atoms with van der Waals surface area (Å²) in [5.41, 5.74) is -0.00245. The molecule has 4 nitrogen and oxygen atoms in total. The summed E-state index contributed by atoms with van der Waals surface area (Å²) in [4.78, 5) is 27.5. The fourth-order valence-corrected chi connectivity index (χ4v) is 2.72. The SMILES string of the molecule is CN(C)C(=O)C1CCCN(C(=O)c2ccc(Cl)cc2F)C1. The third kappa shape index (κ3) is 3.53. The van der Waals surface area contributed by atoms with Gasteiger partial charge in [-0.3, -0.25) is 9.59 Å². The lowest BCUT2D eigenvalue weighted by atomic mass is 9.96. The predicted octanol–water partition coefficient (Wildman–Crippen LogP) is 2.42. The van der Waals surface area contributed by atoms with Crippen molar-refractivity contribution in [3.63, 3.8) is 0 Å². The maximum Gasteiger partial charge on any atom is 0.256 e. The molecule has 2 amide bonds. The van der Waals surface area contributed by atoms with Crippen molar-refractivity contribution in [1.82, 2.24) is 9.80 Å². The number of nitrogens with zero attached hydrogens (tertiary/aromatic N) is 2. The smallest absolute Gasteiger partial charge is 0.256 e. The summed E-state index contributed by atoms with van der Waals surface area (Å²) in [7, 11) is 3.39. The molecule has 0 saturated carbocycles. The van der Waals surface area contributed by atoms with Gasteiger partial charge in [0.25, 0.3) is 5.91 Å². The minimum Gasteiger partial charge on any atom is -0.349 e. The second kappa shape index (κ2) is 6.43. The summed E-state index contributed by atoms with van der Waals surface area (Å²) < 4.78 is 13.8. The van der Waals surface area contributed by atoms with Gasteiger partial charge in [0.15, 0.2) is 0 Å². The highest BCUT2D eigenvalue weighted by atomic mass is 35.5. The number of hydrogen-bond donors (Lipinski definition) is 0. The summed E-state index contributed by atoms with van der Waals surface area (Å²) in [5, 5.41) is 0.253. The van der Waals surface area contributed by atoms with Gasteiger partial charge in [0.05, 0.1) is 11.5 Å². The van der Waals surface area contributed by atoms with Crippen LogP contribution >= 0.6 is 11.6 Å². The van der Waals surface area contributed by atoms with Crippen molar-refractivity contribution in [1.29, 1.82) is 0 Å². The molecule has 2 rings (SSSR count). The lowest BCUT2D eigenvalue weighted by Gasteiger charge is -2.33. The number of piperidine rings is 1. The average molecular weight is 313 g/mol. The fraction of sp³-hybridized carbons (Fsp3) is 0.467. The molecule has 0 aliphatic carbocycles. The van der Waals surface area contributed by atoms with Crippen LogP contribution in [0.15, 0.2) is 18.2 Å². The molecule has 6 heteroatoms. The molecule has 1 aliphatic rings. The number of hydrogen-bond acceptors (Lipinski definition) is 2. The Kier molecular flexibility index (Phi) is 4.83. The van der Waals surface area contributed by atoms with Crippen LogP contribution in [0.4, 0.5) is 4.39 Å². The van der Waals surface area contributed by atoms with Crippen LogP contribution in [0.2, 0.25) is 5.02 Å². The van der Waals surface area contributed by atoms with Crippen molar-refractivity contribution < 1.29 is 14.0 Å². The summed E-state index contributed by atoms with van der Waals surface area (Å²) >= 11 is 5.69. The Morgan fingerprint density at radius 2 is 2.10 bits per heavy atom. The van der Waals surface area contributed by atoms with Gasteiger partial charge in [-0.25, -0.2) is 4.39 Å². The van der Waals surface area contributed by atoms with E-state index < -0.39 is 5.82 Å². The molecule has 114 valence electrons. The largest absolute Gasteiger partial charge is 0.349 e. The number of carbonyl (C=O) groups is 2. The van der Waals surface area contributed by atoms with Crippen molar-refractivity contribution in [2.45, 2.75) is 12.8 Å². The molecule has 1 atom stereocenters. The van der Waals surface area contributed by atoms with E-state index in [2.05, 4.69) is 0 Å². The molecule has 0 spiro atoms. The Hall–Kier alpha value is -1.62. The van der Waals surface area contributed by atoms with Crippen LogP contribution in [0.25, 0.3) is 0 Å². The van der Waals surface area contributed by atoms with Gasteiger partial charge >= 0.3 is 0 Å². The summed E-state index contributed by atoms with van der Waals surface area (Å²) in [5.74, 6) is -1.23. The normalized spacial score (nSPS) is 18.5. The van der Waals surface area contributed by atoms with Gasteiger partial charge in [0, 0.05) is 32.2 Å². The molecular formula is C15H18ClFN2O2. The molecule has 1 fully saturated rings. The molecule has 0 bridgehead atoms. The maximum atomic E-state index is 13.8. The Labute approximate surface area is 128 Å². The first-order valence-corrected chi connectivity index (χ1v) is 7.23. The number of benzene rings is 1. The number of amides is 2. The number of carbonyl (C=O) groups excluding carboxylic acids is 2. The maximum absolute atomic E-state index is 13.8. The predicted molar refractivity (Wildman–Crippen MR) is 78.7 cm³/mol. The van der Waals surface area contributed by atoms with Gasteiger partial charge in [-0.2, -0.15) is 0 Å². The average Bonchev–Trinajstić information content (AvgIpc) is 2.46. The second-order valence-corrected chi connectivity index (χ2v) is 5.88. The van der Waals surface area contributed by atoms with E-state index >= 15 is 0 Å². The van der Waals surface area contributed by atoms with Crippen LogP contribution in [0.5, 0.6) is 0 Å². The molecule has 0 N–H and O–H groups in total. The first-order chi connectivity index (χ1) is 9.90. The van der Waals surface area contributed by atoms with E-state index in [-0.39, 0.29) is 28.3 Å². The topological polar surface area (TPSA) is 40.6 Å². The van der Waals surface area contributed by atoms with Crippen LogP contribution < -0.4 is 0 Å². The highest BCUT2D eigenvalue weighted by molar-refractivity contribution is 6.30. The number of rotatable bonds is 2. The molecule has 21 heavy (non-hydrogen) atoms. The summed E-state index contributed by atoms with van der Waals surface area (Å²) in [6.07, 6.45) is 1.50. The molecule has 1 saturated heterocycles. The molecule has 0 radical (unpaired) electrons. The molecule has 1 aromatic rings. The van der Waals surface area contributed by atoms with Crippen LogP contribution in [0.1, 0.15) is 23.2 Å². The molecular weight excluding hydrogens is 295 g/mol. The standard InChI is InChI=1S/C15H18ClFN2O2/c1-18(2)14(20)10-4-3-7-19(9-10)15(21)12-6-5-11(16)8-13(12)17/h5-6,8,10H,3-4,7,9H2,1-2H3. The third-order valence-electron chi connectivity index (χ3n) is 3.66.